The summed E-state index contributed by atoms with van der Waals surface area (Å²) in [6.07, 6.45) is 3.42. The highest BCUT2D eigenvalue weighted by molar-refractivity contribution is 6.30. The summed E-state index contributed by atoms with van der Waals surface area (Å²) in [5.41, 5.74) is 11.7. The van der Waals surface area contributed by atoms with Crippen LogP contribution in [0.2, 0.25) is 5.02 Å². The summed E-state index contributed by atoms with van der Waals surface area (Å²) < 4.78 is 5.95. The summed E-state index contributed by atoms with van der Waals surface area (Å²) in [6.45, 7) is 4.97. The maximum atomic E-state index is 13.9. The monoisotopic (exact) mass is 488 g/mol. The van der Waals surface area contributed by atoms with Gasteiger partial charge in [-0.15, -0.1) is 0 Å². The molecule has 1 aliphatic rings. The van der Waals surface area contributed by atoms with Crippen LogP contribution in [-0.2, 0) is 6.54 Å². The fraction of sp³-hybridized carbons (Fsp3) is 0.286. The number of carbonyl (C=O) groups excluding carboxylic acids is 1. The number of nitrogens with zero attached hydrogens (tertiary/aromatic N) is 2. The van der Waals surface area contributed by atoms with Gasteiger partial charge in [-0.1, -0.05) is 35.9 Å². The van der Waals surface area contributed by atoms with Gasteiger partial charge in [0.1, 0.15) is 5.75 Å². The highest BCUT2D eigenvalue weighted by atomic mass is 35.5. The van der Waals surface area contributed by atoms with Crippen LogP contribution >= 0.6 is 11.6 Å². The second-order valence-electron chi connectivity index (χ2n) is 9.17. The first-order chi connectivity index (χ1) is 16.9. The molecule has 1 saturated carbocycles. The first-order valence-electron chi connectivity index (χ1n) is 12.0. The number of amides is 1. The van der Waals surface area contributed by atoms with Crippen LogP contribution in [0.4, 0.5) is 0 Å². The van der Waals surface area contributed by atoms with Crippen molar-refractivity contribution in [3.05, 3.63) is 82.5 Å². The van der Waals surface area contributed by atoms with Crippen LogP contribution < -0.4 is 10.5 Å². The Bertz CT molecular complexity index is 1380. The fourth-order valence-electron chi connectivity index (χ4n) is 4.79. The van der Waals surface area contributed by atoms with Crippen molar-refractivity contribution in [1.82, 2.24) is 15.1 Å². The highest BCUT2D eigenvalue weighted by Crippen LogP contribution is 2.34. The van der Waals surface area contributed by atoms with E-state index in [0.29, 0.717) is 29.5 Å². The molecule has 0 saturated heterocycles. The first kappa shape index (κ1) is 23.4. The maximum absolute atomic E-state index is 13.9. The Morgan fingerprint density at radius 1 is 1.20 bits per heavy atom. The molecule has 1 heterocycles. The first-order valence-corrected chi connectivity index (χ1v) is 12.3. The normalized spacial score (nSPS) is 17.3. The molecule has 3 aromatic carbocycles. The van der Waals surface area contributed by atoms with Gasteiger partial charge >= 0.3 is 0 Å². The molecule has 1 fully saturated rings. The van der Waals surface area contributed by atoms with Crippen LogP contribution in [0.15, 0.2) is 60.8 Å². The Kier molecular flexibility index (Phi) is 6.50. The van der Waals surface area contributed by atoms with Crippen LogP contribution in [0, 0.1) is 6.92 Å². The van der Waals surface area contributed by atoms with E-state index in [1.165, 1.54) is 0 Å². The molecule has 1 aliphatic carbocycles. The van der Waals surface area contributed by atoms with E-state index in [2.05, 4.69) is 29.3 Å². The molecule has 0 spiro atoms. The average molecular weight is 489 g/mol. The predicted molar refractivity (Wildman–Crippen MR) is 140 cm³/mol. The Morgan fingerprint density at radius 3 is 2.77 bits per heavy atom. The zero-order valence-electron chi connectivity index (χ0n) is 19.9. The van der Waals surface area contributed by atoms with Crippen molar-refractivity contribution in [3.8, 4) is 16.9 Å². The number of nitrogens with one attached hydrogen (secondary N) is 1. The van der Waals surface area contributed by atoms with Crippen molar-refractivity contribution in [3.63, 3.8) is 0 Å². The van der Waals surface area contributed by atoms with Crippen LogP contribution in [0.25, 0.3) is 22.0 Å². The number of ether oxygens (including phenoxy) is 1. The van der Waals surface area contributed by atoms with Gasteiger partial charge in [-0.25, -0.2) is 0 Å². The number of fused-ring (bicyclic) bond motifs is 1. The molecule has 1 aromatic heterocycles. The summed E-state index contributed by atoms with van der Waals surface area (Å²) in [5.74, 6) is 0.630. The van der Waals surface area contributed by atoms with Crippen molar-refractivity contribution in [2.24, 2.45) is 5.73 Å². The molecule has 3 N–H and O–H groups in total. The van der Waals surface area contributed by atoms with Gasteiger partial charge in [0.25, 0.3) is 5.91 Å². The number of carbonyl (C=O) groups is 1. The van der Waals surface area contributed by atoms with E-state index in [1.807, 2.05) is 60.5 Å². The summed E-state index contributed by atoms with van der Waals surface area (Å²) in [6, 6.07) is 17.7. The topological polar surface area (TPSA) is 84.2 Å². The molecular formula is C28H29ClN4O2. The Labute approximate surface area is 210 Å². The predicted octanol–water partition coefficient (Wildman–Crippen LogP) is 5.72. The largest absolute Gasteiger partial charge is 0.493 e. The summed E-state index contributed by atoms with van der Waals surface area (Å²) in [4.78, 5) is 15.8. The van der Waals surface area contributed by atoms with Crippen LogP contribution in [0.3, 0.4) is 0 Å². The van der Waals surface area contributed by atoms with E-state index in [0.717, 1.165) is 46.0 Å². The van der Waals surface area contributed by atoms with Crippen molar-refractivity contribution in [1.29, 1.82) is 0 Å². The second-order valence-corrected chi connectivity index (χ2v) is 9.61. The Balaban J connectivity index is 1.50. The molecule has 7 heteroatoms. The van der Waals surface area contributed by atoms with Gasteiger partial charge in [0.2, 0.25) is 0 Å². The van der Waals surface area contributed by atoms with E-state index in [1.54, 1.807) is 0 Å². The minimum Gasteiger partial charge on any atom is -0.493 e. The molecule has 0 unspecified atom stereocenters. The lowest BCUT2D eigenvalue weighted by molar-refractivity contribution is 0.0524. The lowest BCUT2D eigenvalue weighted by Crippen LogP contribution is -2.52. The van der Waals surface area contributed by atoms with E-state index in [9.17, 15) is 4.79 Å². The van der Waals surface area contributed by atoms with Crippen molar-refractivity contribution < 1.29 is 9.53 Å². The molecule has 35 heavy (non-hydrogen) atoms. The summed E-state index contributed by atoms with van der Waals surface area (Å²) in [7, 11) is 0. The summed E-state index contributed by atoms with van der Waals surface area (Å²) >= 11 is 6.22. The molecule has 6 nitrogen and oxygen atoms in total. The molecule has 180 valence electrons. The van der Waals surface area contributed by atoms with E-state index in [-0.39, 0.29) is 18.0 Å². The minimum atomic E-state index is -0.0336. The fourth-order valence-corrected chi connectivity index (χ4v) is 4.98. The summed E-state index contributed by atoms with van der Waals surface area (Å²) in [5, 5.41) is 9.06. The Hall–Kier alpha value is -3.35. The van der Waals surface area contributed by atoms with Gasteiger partial charge in [0.05, 0.1) is 18.3 Å². The lowest BCUT2D eigenvalue weighted by atomic mass is 9.85. The molecule has 0 atom stereocenters. The standard InChI is InChI=1S/C28H29ClN4O2/c1-3-35-26-12-19(9-10-24(26)18-5-4-6-21(29)11-18)28(34)33(23-13-22(30)14-23)16-20-8-7-17(2)25-15-31-32-27(20)25/h4-12,15,22-23H,3,13-14,16,30H2,1-2H3,(H,31,32). The zero-order valence-corrected chi connectivity index (χ0v) is 20.7. The van der Waals surface area contributed by atoms with Crippen molar-refractivity contribution in [2.45, 2.75) is 45.3 Å². The third kappa shape index (κ3) is 4.64. The van der Waals surface area contributed by atoms with E-state index in [4.69, 9.17) is 22.1 Å². The number of nitrogens with two attached hydrogens (primary N) is 1. The number of hydrogen-bond donors (Lipinski definition) is 2. The zero-order chi connectivity index (χ0) is 24.5. The van der Waals surface area contributed by atoms with Crippen LogP contribution in [0.5, 0.6) is 5.75 Å². The van der Waals surface area contributed by atoms with Crippen LogP contribution in [-0.4, -0.2) is 39.7 Å². The molecule has 4 aromatic rings. The lowest BCUT2D eigenvalue weighted by Gasteiger charge is -2.41. The molecule has 0 aliphatic heterocycles. The second kappa shape index (κ2) is 9.72. The number of halogens is 1. The van der Waals surface area contributed by atoms with Gasteiger partial charge in [0.15, 0.2) is 0 Å². The smallest absolute Gasteiger partial charge is 0.254 e. The van der Waals surface area contributed by atoms with Crippen molar-refractivity contribution >= 4 is 28.4 Å². The third-order valence-corrected chi connectivity index (χ3v) is 7.01. The van der Waals surface area contributed by atoms with Crippen molar-refractivity contribution in [2.75, 3.05) is 6.61 Å². The number of rotatable bonds is 7. The molecule has 1 amide bonds. The molecule has 5 rings (SSSR count). The number of aromatic nitrogens is 2. The molecular weight excluding hydrogens is 460 g/mol. The van der Waals surface area contributed by atoms with Gasteiger partial charge in [-0.2, -0.15) is 5.10 Å². The average Bonchev–Trinajstić information content (AvgIpc) is 3.33. The number of aromatic amines is 1. The SMILES string of the molecule is CCOc1cc(C(=O)N(Cc2ccc(C)c3cn[nH]c23)C2CC(N)C2)ccc1-c1cccc(Cl)c1. The number of benzene rings is 3. The van der Waals surface area contributed by atoms with Gasteiger partial charge < -0.3 is 15.4 Å². The van der Waals surface area contributed by atoms with E-state index < -0.39 is 0 Å². The molecule has 0 bridgehead atoms. The van der Waals surface area contributed by atoms with Gasteiger partial charge in [0, 0.05) is 40.2 Å². The van der Waals surface area contributed by atoms with Gasteiger partial charge in [-0.3, -0.25) is 9.89 Å². The van der Waals surface area contributed by atoms with E-state index >= 15 is 0 Å². The number of aryl methyl sites for hydroxylation is 1. The Morgan fingerprint density at radius 2 is 2.03 bits per heavy atom. The number of hydrogen-bond acceptors (Lipinski definition) is 4. The number of H-pyrrole nitrogens is 1. The highest BCUT2D eigenvalue weighted by Gasteiger charge is 2.35. The molecule has 0 radical (unpaired) electrons. The minimum absolute atomic E-state index is 0.0336. The quantitative estimate of drug-likeness (QED) is 0.348. The van der Waals surface area contributed by atoms with Gasteiger partial charge in [-0.05, 0) is 73.7 Å². The van der Waals surface area contributed by atoms with Crippen LogP contribution in [0.1, 0.15) is 41.3 Å². The maximum Gasteiger partial charge on any atom is 0.254 e. The third-order valence-electron chi connectivity index (χ3n) is 6.78.